The molecule has 0 aliphatic heterocycles. The Morgan fingerprint density at radius 1 is 1.23 bits per heavy atom. The molecule has 1 saturated carbocycles. The van der Waals surface area contributed by atoms with Crippen LogP contribution in [0.2, 0.25) is 0 Å². The van der Waals surface area contributed by atoms with E-state index in [1.807, 2.05) is 33.8 Å². The summed E-state index contributed by atoms with van der Waals surface area (Å²) in [6, 6.07) is 1.99. The fourth-order valence-corrected chi connectivity index (χ4v) is 5.05. The molecule has 133 valence electrons. The van der Waals surface area contributed by atoms with Gasteiger partial charge in [0, 0.05) is 24.7 Å². The first-order valence-electron chi connectivity index (χ1n) is 8.15. The fourth-order valence-electron chi connectivity index (χ4n) is 5.05. The highest BCUT2D eigenvalue weighted by atomic mass is 16.1. The van der Waals surface area contributed by atoms with Crippen LogP contribution in [-0.4, -0.2) is 20.0 Å². The van der Waals surface area contributed by atoms with Crippen LogP contribution in [0.25, 0.3) is 4.85 Å². The second-order valence-corrected chi connectivity index (χ2v) is 8.08. The molecule has 3 aliphatic carbocycles. The quantitative estimate of drug-likeness (QED) is 0.491. The second kappa shape index (κ2) is 6.40. The van der Waals surface area contributed by atoms with E-state index in [0.717, 1.165) is 18.4 Å². The van der Waals surface area contributed by atoms with E-state index >= 15 is 0 Å². The largest absolute Gasteiger partial charge is 0.307 e. The smallest absolute Gasteiger partial charge is 0.226 e. The molecule has 0 heterocycles. The lowest BCUT2D eigenvalue weighted by Crippen LogP contribution is -2.53. The van der Waals surface area contributed by atoms with Crippen molar-refractivity contribution in [3.05, 3.63) is 46.5 Å². The third-order valence-electron chi connectivity index (χ3n) is 6.24. The Labute approximate surface area is 158 Å². The number of nitriles is 1. The minimum atomic E-state index is -0.645. The van der Waals surface area contributed by atoms with E-state index in [2.05, 4.69) is 4.85 Å². The lowest BCUT2D eigenvalue weighted by Gasteiger charge is -2.57. The van der Waals surface area contributed by atoms with Crippen LogP contribution in [-0.2, 0) is 9.59 Å². The van der Waals surface area contributed by atoms with Gasteiger partial charge >= 0.3 is 0 Å². The number of nitrogens with zero attached hydrogens (tertiary/aromatic N) is 2. The zero-order chi connectivity index (χ0) is 17.9. The molecule has 4 nitrogen and oxygen atoms in total. The average Bonchev–Trinajstić information content (AvgIpc) is 2.52. The summed E-state index contributed by atoms with van der Waals surface area (Å²) in [7, 11) is 0. The zero-order valence-electron chi connectivity index (χ0n) is 15.0. The van der Waals surface area contributed by atoms with Crippen molar-refractivity contribution in [3.8, 4) is 6.07 Å². The van der Waals surface area contributed by atoms with Gasteiger partial charge in [-0.15, -0.1) is 0 Å². The number of Topliss-reactive ketones (excluding diaryl/α,β-unsaturated/α-hetero) is 1. The molecule has 0 aromatic carbocycles. The molecule has 0 amide bonds. The first-order valence-corrected chi connectivity index (χ1v) is 8.15. The van der Waals surface area contributed by atoms with Crippen LogP contribution >= 0.6 is 0 Å². The van der Waals surface area contributed by atoms with Gasteiger partial charge in [-0.1, -0.05) is 47.3 Å². The van der Waals surface area contributed by atoms with Crippen molar-refractivity contribution in [2.45, 2.75) is 48.0 Å². The predicted octanol–water partition coefficient (Wildman–Crippen LogP) is 4.04. The van der Waals surface area contributed by atoms with E-state index in [4.69, 9.17) is 6.57 Å². The molecule has 0 aromatic heterocycles. The van der Waals surface area contributed by atoms with Crippen LogP contribution in [0.4, 0.5) is 0 Å². The predicted molar refractivity (Wildman–Crippen MR) is 102 cm³/mol. The monoisotopic (exact) mass is 347 g/mol. The molecule has 3 atom stereocenters. The number of ketones is 2. The van der Waals surface area contributed by atoms with Gasteiger partial charge in [-0.3, -0.25) is 4.79 Å². The highest BCUT2D eigenvalue weighted by Crippen LogP contribution is 2.63. The second-order valence-electron chi connectivity index (χ2n) is 8.08. The number of hydrogen-bond donors (Lipinski definition) is 0. The summed E-state index contributed by atoms with van der Waals surface area (Å²) in [5.74, 6) is -0.356. The minimum absolute atomic E-state index is 0. The molecule has 0 N–H and O–H groups in total. The minimum Gasteiger partial charge on any atom is -0.307 e. The molecule has 0 bridgehead atoms. The van der Waals surface area contributed by atoms with Gasteiger partial charge in [0.05, 0.1) is 12.1 Å². The molecule has 0 spiro atoms. The number of carbonyl (C=O) groups excluding carboxylic acids is 2. The van der Waals surface area contributed by atoms with Crippen molar-refractivity contribution in [2.75, 3.05) is 0 Å². The standard InChI is InChI=1S/C20H20N2O2.CH4.B/c1-18(2)15-6-7-19(3)9-12(11-21)14(23)8-16(19)20(15,4)10-13(22-5)17(18)24;;/h8-10,15H,6-7H2,1-4H3;1H4;/t15-,19-,20-;;/m1../s1. The molecule has 0 aromatic rings. The number of allylic oxidation sites excluding steroid dienone is 6. The summed E-state index contributed by atoms with van der Waals surface area (Å²) in [6.45, 7) is 15.2. The van der Waals surface area contributed by atoms with Crippen molar-refractivity contribution in [1.29, 1.82) is 5.26 Å². The van der Waals surface area contributed by atoms with Crippen LogP contribution in [0.3, 0.4) is 0 Å². The van der Waals surface area contributed by atoms with Crippen molar-refractivity contribution < 1.29 is 9.59 Å². The lowest BCUT2D eigenvalue weighted by molar-refractivity contribution is -0.130. The van der Waals surface area contributed by atoms with E-state index < -0.39 is 10.8 Å². The molecule has 26 heavy (non-hydrogen) atoms. The first kappa shape index (κ1) is 21.6. The Hall–Kier alpha value is -2.40. The van der Waals surface area contributed by atoms with Crippen molar-refractivity contribution in [3.63, 3.8) is 0 Å². The maximum Gasteiger partial charge on any atom is 0.226 e. The molecule has 1 fully saturated rings. The molecule has 0 saturated heterocycles. The molecular weight excluding hydrogens is 323 g/mol. The van der Waals surface area contributed by atoms with E-state index in [1.165, 1.54) is 0 Å². The van der Waals surface area contributed by atoms with Gasteiger partial charge in [-0.2, -0.15) is 5.26 Å². The number of rotatable bonds is 0. The molecule has 3 radical (unpaired) electrons. The molecule has 0 unspecified atom stereocenters. The van der Waals surface area contributed by atoms with Gasteiger partial charge in [0.1, 0.15) is 6.07 Å². The van der Waals surface area contributed by atoms with Gasteiger partial charge < -0.3 is 4.79 Å². The molecule has 3 aliphatic rings. The van der Waals surface area contributed by atoms with Gasteiger partial charge in [0.2, 0.25) is 5.70 Å². The topological polar surface area (TPSA) is 62.3 Å². The SMILES string of the molecule is C.[B].[C-]#[N+]C1=C[C@@]2(C)C3=CC(=O)C(C#N)=C[C@@]3(C)CC[C@@H]2C(C)(C)C1=O. The maximum atomic E-state index is 12.7. The number of hydrogen-bond acceptors (Lipinski definition) is 3. The van der Waals surface area contributed by atoms with E-state index in [-0.39, 0.29) is 50.0 Å². The average molecular weight is 347 g/mol. The summed E-state index contributed by atoms with van der Waals surface area (Å²) < 4.78 is 0. The van der Waals surface area contributed by atoms with Gasteiger partial charge in [-0.05, 0) is 30.4 Å². The Kier molecular flexibility index (Phi) is 5.33. The maximum absolute atomic E-state index is 12.7. The van der Waals surface area contributed by atoms with E-state index in [1.54, 1.807) is 18.2 Å². The van der Waals surface area contributed by atoms with Gasteiger partial charge in [-0.25, -0.2) is 4.85 Å². The van der Waals surface area contributed by atoms with Gasteiger partial charge in [0.15, 0.2) is 11.6 Å². The highest BCUT2D eigenvalue weighted by molar-refractivity contribution is 6.09. The Balaban J connectivity index is 0.00000169. The Morgan fingerprint density at radius 2 is 1.85 bits per heavy atom. The van der Waals surface area contributed by atoms with Crippen molar-refractivity contribution in [2.24, 2.45) is 22.2 Å². The van der Waals surface area contributed by atoms with Crippen LogP contribution < -0.4 is 0 Å². The first-order chi connectivity index (χ1) is 11.1. The number of carbonyl (C=O) groups is 2. The number of fused-ring (bicyclic) bond motifs is 3. The molecular formula is C21H24BN2O2. The van der Waals surface area contributed by atoms with Crippen LogP contribution in [0.1, 0.15) is 48.0 Å². The van der Waals surface area contributed by atoms with E-state index in [0.29, 0.717) is 0 Å². The third-order valence-corrected chi connectivity index (χ3v) is 6.24. The van der Waals surface area contributed by atoms with Crippen LogP contribution in [0.15, 0.2) is 35.1 Å². The van der Waals surface area contributed by atoms with E-state index in [9.17, 15) is 14.9 Å². The molecule has 3 rings (SSSR count). The summed E-state index contributed by atoms with van der Waals surface area (Å²) in [6.07, 6.45) is 6.72. The summed E-state index contributed by atoms with van der Waals surface area (Å²) in [5, 5.41) is 9.20. The summed E-state index contributed by atoms with van der Waals surface area (Å²) in [5.41, 5.74) is -0.289. The summed E-state index contributed by atoms with van der Waals surface area (Å²) in [4.78, 5) is 28.4. The van der Waals surface area contributed by atoms with Gasteiger partial charge in [0.25, 0.3) is 0 Å². The third kappa shape index (κ3) is 2.58. The fraction of sp³-hybridized carbons (Fsp3) is 0.524. The normalized spacial score (nSPS) is 34.2. The lowest BCUT2D eigenvalue weighted by atomic mass is 9.46. The van der Waals surface area contributed by atoms with Crippen molar-refractivity contribution >= 4 is 20.0 Å². The Morgan fingerprint density at radius 3 is 2.38 bits per heavy atom. The Bertz CT molecular complexity index is 850. The molecule has 5 heteroatoms. The van der Waals surface area contributed by atoms with Crippen LogP contribution in [0, 0.1) is 40.1 Å². The van der Waals surface area contributed by atoms with Crippen LogP contribution in [0.5, 0.6) is 0 Å². The zero-order valence-corrected chi connectivity index (χ0v) is 15.0. The summed E-state index contributed by atoms with van der Waals surface area (Å²) >= 11 is 0. The highest BCUT2D eigenvalue weighted by Gasteiger charge is 2.58. The van der Waals surface area contributed by atoms with Crippen molar-refractivity contribution in [1.82, 2.24) is 0 Å².